The lowest BCUT2D eigenvalue weighted by molar-refractivity contribution is -0.125. The summed E-state index contributed by atoms with van der Waals surface area (Å²) < 4.78 is 13.9. The Labute approximate surface area is 125 Å². The maximum atomic E-state index is 13.9. The zero-order valence-electron chi connectivity index (χ0n) is 12.1. The Morgan fingerprint density at radius 2 is 1.85 bits per heavy atom. The summed E-state index contributed by atoms with van der Waals surface area (Å²) >= 11 is 5.09. The van der Waals surface area contributed by atoms with Crippen molar-refractivity contribution in [3.8, 4) is 0 Å². The van der Waals surface area contributed by atoms with Gasteiger partial charge in [-0.05, 0) is 31.9 Å². The summed E-state index contributed by atoms with van der Waals surface area (Å²) in [5, 5.41) is 0. The largest absolute Gasteiger partial charge is 0.392 e. The van der Waals surface area contributed by atoms with Crippen LogP contribution in [0.4, 0.5) is 10.1 Å². The molecule has 1 rings (SSSR count). The molecule has 0 aliphatic carbocycles. The van der Waals surface area contributed by atoms with Crippen molar-refractivity contribution in [3.63, 3.8) is 0 Å². The quantitative estimate of drug-likeness (QED) is 0.820. The highest BCUT2D eigenvalue weighted by Gasteiger charge is 2.41. The molecule has 2 N–H and O–H groups in total. The van der Waals surface area contributed by atoms with E-state index in [0.717, 1.165) is 0 Å². The second-order valence-electron chi connectivity index (χ2n) is 4.65. The fourth-order valence-electron chi connectivity index (χ4n) is 2.36. The van der Waals surface area contributed by atoms with Gasteiger partial charge in [0.2, 0.25) is 5.91 Å². The molecule has 0 aromatic heterocycles. The monoisotopic (exact) mass is 296 g/mol. The molecule has 5 heteroatoms. The molecule has 0 unspecified atom stereocenters. The average Bonchev–Trinajstić information content (AvgIpc) is 2.43. The number of hydrogen-bond donors (Lipinski definition) is 1. The number of nitrogens with two attached hydrogens (primary N) is 1. The number of rotatable bonds is 6. The predicted molar refractivity (Wildman–Crippen MR) is 84.2 cm³/mol. The molecular formula is C15H21FN2OS. The van der Waals surface area contributed by atoms with Crippen LogP contribution in [-0.4, -0.2) is 17.4 Å². The lowest BCUT2D eigenvalue weighted by Crippen LogP contribution is -2.50. The molecule has 0 fully saturated rings. The van der Waals surface area contributed by atoms with E-state index in [1.54, 1.807) is 25.1 Å². The van der Waals surface area contributed by atoms with Gasteiger partial charge in [-0.25, -0.2) is 4.39 Å². The van der Waals surface area contributed by atoms with Gasteiger partial charge < -0.3 is 10.6 Å². The smallest absolute Gasteiger partial charge is 0.240 e. The molecule has 0 bridgehead atoms. The van der Waals surface area contributed by atoms with Gasteiger partial charge in [-0.3, -0.25) is 4.79 Å². The van der Waals surface area contributed by atoms with Crippen LogP contribution < -0.4 is 10.6 Å². The standard InChI is InChI=1S/C15H21FN2OS/c1-4-15(5-2,13(17)20)14(19)18(6-3)12-10-8-7-9-11(12)16/h7-10H,4-6H2,1-3H3,(H2,17,20). The van der Waals surface area contributed by atoms with Gasteiger partial charge in [-0.1, -0.05) is 38.2 Å². The third-order valence-corrected chi connectivity index (χ3v) is 4.18. The lowest BCUT2D eigenvalue weighted by Gasteiger charge is -2.35. The number of benzene rings is 1. The number of amides is 1. The van der Waals surface area contributed by atoms with E-state index in [-0.39, 0.29) is 16.6 Å². The van der Waals surface area contributed by atoms with E-state index in [0.29, 0.717) is 19.4 Å². The summed E-state index contributed by atoms with van der Waals surface area (Å²) in [5.74, 6) is -0.658. The molecule has 110 valence electrons. The minimum atomic E-state index is -0.909. The summed E-state index contributed by atoms with van der Waals surface area (Å²) in [6.07, 6.45) is 1.01. The number of thiocarbonyl (C=S) groups is 1. The Kier molecular flexibility index (Phi) is 5.62. The van der Waals surface area contributed by atoms with Gasteiger partial charge in [0.15, 0.2) is 0 Å². The second-order valence-corrected chi connectivity index (χ2v) is 5.09. The third kappa shape index (κ3) is 2.82. The Bertz CT molecular complexity index is 500. The number of anilines is 1. The van der Waals surface area contributed by atoms with Gasteiger partial charge >= 0.3 is 0 Å². The van der Waals surface area contributed by atoms with E-state index in [2.05, 4.69) is 0 Å². The summed E-state index contributed by atoms with van der Waals surface area (Å²) in [6, 6.07) is 6.23. The first kappa shape index (κ1) is 16.6. The molecule has 1 aromatic carbocycles. The number of hydrogen-bond acceptors (Lipinski definition) is 2. The normalized spacial score (nSPS) is 11.2. The van der Waals surface area contributed by atoms with E-state index in [1.807, 2.05) is 13.8 Å². The van der Waals surface area contributed by atoms with Crippen molar-refractivity contribution < 1.29 is 9.18 Å². The molecule has 3 nitrogen and oxygen atoms in total. The van der Waals surface area contributed by atoms with Crippen molar-refractivity contribution in [1.29, 1.82) is 0 Å². The molecule has 0 aliphatic rings. The summed E-state index contributed by atoms with van der Waals surface area (Å²) in [7, 11) is 0. The first-order valence-corrected chi connectivity index (χ1v) is 7.21. The van der Waals surface area contributed by atoms with Crippen molar-refractivity contribution in [2.24, 2.45) is 11.1 Å². The topological polar surface area (TPSA) is 46.3 Å². The third-order valence-electron chi connectivity index (χ3n) is 3.79. The first-order chi connectivity index (χ1) is 9.44. The maximum Gasteiger partial charge on any atom is 0.240 e. The highest BCUT2D eigenvalue weighted by Crippen LogP contribution is 2.32. The highest BCUT2D eigenvalue weighted by molar-refractivity contribution is 7.80. The molecule has 0 aliphatic heterocycles. The van der Waals surface area contributed by atoms with Crippen LogP contribution in [0.2, 0.25) is 0 Å². The van der Waals surface area contributed by atoms with Crippen molar-refractivity contribution in [1.82, 2.24) is 0 Å². The van der Waals surface area contributed by atoms with Gasteiger partial charge in [-0.2, -0.15) is 0 Å². The van der Waals surface area contributed by atoms with Gasteiger partial charge in [0.25, 0.3) is 0 Å². The van der Waals surface area contributed by atoms with Gasteiger partial charge in [-0.15, -0.1) is 0 Å². The SMILES string of the molecule is CCN(C(=O)C(CC)(CC)C(N)=S)c1ccccc1F. The van der Waals surface area contributed by atoms with Crippen molar-refractivity contribution >= 4 is 28.8 Å². The molecule has 0 saturated heterocycles. The molecule has 1 aromatic rings. The van der Waals surface area contributed by atoms with Crippen LogP contribution in [0, 0.1) is 11.2 Å². The summed E-state index contributed by atoms with van der Waals surface area (Å²) in [5.41, 5.74) is 5.15. The molecular weight excluding hydrogens is 275 g/mol. The molecule has 20 heavy (non-hydrogen) atoms. The number of halogens is 1. The van der Waals surface area contributed by atoms with Crippen LogP contribution >= 0.6 is 12.2 Å². The van der Waals surface area contributed by atoms with Gasteiger partial charge in [0, 0.05) is 6.54 Å². The van der Waals surface area contributed by atoms with Crippen LogP contribution in [0.1, 0.15) is 33.6 Å². The van der Waals surface area contributed by atoms with Crippen molar-refractivity contribution in [3.05, 3.63) is 30.1 Å². The molecule has 0 spiro atoms. The van der Waals surface area contributed by atoms with Gasteiger partial charge in [0.1, 0.15) is 5.82 Å². The predicted octanol–water partition coefficient (Wildman–Crippen LogP) is 3.27. The first-order valence-electron chi connectivity index (χ1n) is 6.81. The minimum Gasteiger partial charge on any atom is -0.392 e. The fraction of sp³-hybridized carbons (Fsp3) is 0.467. The lowest BCUT2D eigenvalue weighted by atomic mass is 9.80. The Balaban J connectivity index is 3.28. The number of nitrogens with zero attached hydrogens (tertiary/aromatic N) is 1. The molecule has 0 saturated carbocycles. The average molecular weight is 296 g/mol. The van der Waals surface area contributed by atoms with Crippen molar-refractivity contribution in [2.45, 2.75) is 33.6 Å². The number of carbonyl (C=O) groups is 1. The number of para-hydroxylation sites is 1. The molecule has 0 atom stereocenters. The van der Waals surface area contributed by atoms with E-state index >= 15 is 0 Å². The van der Waals surface area contributed by atoms with Crippen LogP contribution in [0.25, 0.3) is 0 Å². The number of carbonyl (C=O) groups excluding carboxylic acids is 1. The Morgan fingerprint density at radius 3 is 2.25 bits per heavy atom. The summed E-state index contributed by atoms with van der Waals surface area (Å²) in [6.45, 7) is 5.91. The zero-order chi connectivity index (χ0) is 15.3. The molecule has 0 radical (unpaired) electrons. The molecule has 1 amide bonds. The van der Waals surface area contributed by atoms with E-state index in [1.165, 1.54) is 11.0 Å². The van der Waals surface area contributed by atoms with Crippen LogP contribution in [0.5, 0.6) is 0 Å². The van der Waals surface area contributed by atoms with Crippen molar-refractivity contribution in [2.75, 3.05) is 11.4 Å². The zero-order valence-corrected chi connectivity index (χ0v) is 13.0. The van der Waals surface area contributed by atoms with Crippen LogP contribution in [-0.2, 0) is 4.79 Å². The second kappa shape index (κ2) is 6.79. The van der Waals surface area contributed by atoms with Crippen LogP contribution in [0.3, 0.4) is 0 Å². The minimum absolute atomic E-state index is 0.169. The van der Waals surface area contributed by atoms with Crippen LogP contribution in [0.15, 0.2) is 24.3 Å². The Hall–Kier alpha value is -1.49. The van der Waals surface area contributed by atoms with E-state index in [4.69, 9.17) is 18.0 Å². The van der Waals surface area contributed by atoms with Gasteiger partial charge in [0.05, 0.1) is 16.1 Å². The molecule has 0 heterocycles. The van der Waals surface area contributed by atoms with E-state index in [9.17, 15) is 9.18 Å². The summed E-state index contributed by atoms with van der Waals surface area (Å²) in [4.78, 5) is 14.4. The fourth-order valence-corrected chi connectivity index (χ4v) is 2.73. The maximum absolute atomic E-state index is 13.9. The highest BCUT2D eigenvalue weighted by atomic mass is 32.1. The van der Waals surface area contributed by atoms with E-state index < -0.39 is 11.2 Å². The Morgan fingerprint density at radius 1 is 1.30 bits per heavy atom.